The van der Waals surface area contributed by atoms with E-state index < -0.39 is 0 Å². The molecule has 0 aromatic heterocycles. The zero-order valence-electron chi connectivity index (χ0n) is 7.36. The summed E-state index contributed by atoms with van der Waals surface area (Å²) in [6.07, 6.45) is 3.77. The predicted octanol–water partition coefficient (Wildman–Crippen LogP) is -0.0241. The van der Waals surface area contributed by atoms with Gasteiger partial charge in [-0.1, -0.05) is 5.57 Å². The molecule has 2 saturated heterocycles. The molecule has 1 amide bonds. The highest BCUT2D eigenvalue weighted by Gasteiger charge is 2.28. The van der Waals surface area contributed by atoms with Gasteiger partial charge in [0.25, 0.3) is 0 Å². The Morgan fingerprint density at radius 1 is 1.31 bits per heavy atom. The van der Waals surface area contributed by atoms with Crippen LogP contribution in [0.5, 0.6) is 0 Å². The quantitative estimate of drug-likeness (QED) is 0.481. The first-order valence-electron chi connectivity index (χ1n) is 4.46. The maximum absolute atomic E-state index is 10.7. The molecule has 4 nitrogen and oxygen atoms in total. The minimum absolute atomic E-state index is 0.310. The van der Waals surface area contributed by atoms with Crippen molar-refractivity contribution in [2.45, 2.75) is 25.0 Å². The molecule has 13 heavy (non-hydrogen) atoms. The number of epoxide rings is 2. The predicted molar refractivity (Wildman–Crippen MR) is 46.0 cm³/mol. The van der Waals surface area contributed by atoms with E-state index in [-0.39, 0.29) is 5.91 Å². The molecule has 0 bridgehead atoms. The Hall–Kier alpha value is -0.870. The topological polar surface area (TPSA) is 68.2 Å². The molecule has 0 aromatic rings. The molecule has 72 valence electrons. The smallest absolute Gasteiger partial charge is 0.241 e. The molecule has 0 saturated carbocycles. The maximum atomic E-state index is 10.7. The van der Waals surface area contributed by atoms with E-state index in [4.69, 9.17) is 15.2 Å². The van der Waals surface area contributed by atoms with Crippen LogP contribution in [0.25, 0.3) is 0 Å². The van der Waals surface area contributed by atoms with Gasteiger partial charge in [-0.3, -0.25) is 4.79 Å². The molecular weight excluding hydrogens is 170 g/mol. The van der Waals surface area contributed by atoms with Crippen molar-refractivity contribution in [3.05, 3.63) is 11.6 Å². The van der Waals surface area contributed by atoms with E-state index in [9.17, 15) is 4.79 Å². The first kappa shape index (κ1) is 8.72. The highest BCUT2D eigenvalue weighted by atomic mass is 16.6. The lowest BCUT2D eigenvalue weighted by atomic mass is 10.0. The van der Waals surface area contributed by atoms with Gasteiger partial charge in [0.1, 0.15) is 0 Å². The van der Waals surface area contributed by atoms with Crippen molar-refractivity contribution in [1.29, 1.82) is 0 Å². The molecule has 2 N–H and O–H groups in total. The normalized spacial score (nSPS) is 29.5. The third kappa shape index (κ3) is 3.16. The summed E-state index contributed by atoms with van der Waals surface area (Å²) in [6.45, 7) is 1.61. The van der Waals surface area contributed by atoms with Gasteiger partial charge in [0.15, 0.2) is 0 Å². The van der Waals surface area contributed by atoms with Gasteiger partial charge in [0.2, 0.25) is 5.91 Å². The Kier molecular flexibility index (Phi) is 2.33. The molecule has 0 aliphatic carbocycles. The summed E-state index contributed by atoms with van der Waals surface area (Å²) in [5.41, 5.74) is 6.14. The molecule has 2 aliphatic rings. The van der Waals surface area contributed by atoms with Gasteiger partial charge in [0.05, 0.1) is 25.4 Å². The molecule has 0 aromatic carbocycles. The van der Waals surface area contributed by atoms with Crippen LogP contribution in [-0.4, -0.2) is 31.3 Å². The summed E-state index contributed by atoms with van der Waals surface area (Å²) in [7, 11) is 0. The Balaban J connectivity index is 1.87. The van der Waals surface area contributed by atoms with Crippen LogP contribution in [-0.2, 0) is 14.3 Å². The summed E-state index contributed by atoms with van der Waals surface area (Å²) >= 11 is 0. The van der Waals surface area contributed by atoms with Gasteiger partial charge in [-0.25, -0.2) is 0 Å². The average Bonchev–Trinajstić information content (AvgIpc) is 2.79. The van der Waals surface area contributed by atoms with Crippen molar-refractivity contribution in [2.24, 2.45) is 5.73 Å². The van der Waals surface area contributed by atoms with Crippen LogP contribution >= 0.6 is 0 Å². The fourth-order valence-corrected chi connectivity index (χ4v) is 1.36. The largest absolute Gasteiger partial charge is 0.373 e. The molecule has 2 heterocycles. The monoisotopic (exact) mass is 183 g/mol. The summed E-state index contributed by atoms with van der Waals surface area (Å²) in [4.78, 5) is 10.7. The number of primary amides is 1. The molecule has 2 fully saturated rings. The van der Waals surface area contributed by atoms with E-state index in [1.165, 1.54) is 6.08 Å². The van der Waals surface area contributed by atoms with Crippen LogP contribution in [0.2, 0.25) is 0 Å². The third-order valence-corrected chi connectivity index (χ3v) is 2.13. The molecule has 2 unspecified atom stereocenters. The number of hydrogen-bond donors (Lipinski definition) is 1. The van der Waals surface area contributed by atoms with Gasteiger partial charge >= 0.3 is 0 Å². The molecule has 4 heteroatoms. The fourth-order valence-electron chi connectivity index (χ4n) is 1.36. The zero-order chi connectivity index (χ0) is 9.26. The van der Waals surface area contributed by atoms with Gasteiger partial charge < -0.3 is 15.2 Å². The second-order valence-electron chi connectivity index (χ2n) is 3.52. The van der Waals surface area contributed by atoms with Gasteiger partial charge in [0, 0.05) is 6.08 Å². The summed E-state index contributed by atoms with van der Waals surface area (Å²) in [5.74, 6) is -0.378. The van der Waals surface area contributed by atoms with Crippen LogP contribution in [0.4, 0.5) is 0 Å². The van der Waals surface area contributed by atoms with Gasteiger partial charge in [-0.05, 0) is 12.8 Å². The highest BCUT2D eigenvalue weighted by Crippen LogP contribution is 2.26. The highest BCUT2D eigenvalue weighted by molar-refractivity contribution is 5.86. The first-order chi connectivity index (χ1) is 6.24. The number of amides is 1. The minimum Gasteiger partial charge on any atom is -0.373 e. The Labute approximate surface area is 76.7 Å². The van der Waals surface area contributed by atoms with Crippen LogP contribution in [0.3, 0.4) is 0 Å². The van der Waals surface area contributed by atoms with E-state index in [2.05, 4.69) is 0 Å². The number of carbonyl (C=O) groups is 1. The molecule has 2 rings (SSSR count). The van der Waals surface area contributed by atoms with E-state index in [0.29, 0.717) is 12.2 Å². The van der Waals surface area contributed by atoms with E-state index in [1.54, 1.807) is 0 Å². The number of rotatable bonds is 5. The number of ether oxygens (including phenoxy) is 2. The number of nitrogens with two attached hydrogens (primary N) is 1. The Bertz CT molecular complexity index is 225. The van der Waals surface area contributed by atoms with Crippen molar-refractivity contribution >= 4 is 5.91 Å². The van der Waals surface area contributed by atoms with E-state index >= 15 is 0 Å². The molecular formula is C9H13NO3. The van der Waals surface area contributed by atoms with Crippen LogP contribution in [0.1, 0.15) is 12.8 Å². The average molecular weight is 183 g/mol. The lowest BCUT2D eigenvalue weighted by molar-refractivity contribution is -0.113. The van der Waals surface area contributed by atoms with Crippen molar-refractivity contribution in [3.8, 4) is 0 Å². The lowest BCUT2D eigenvalue weighted by Crippen LogP contribution is -2.09. The van der Waals surface area contributed by atoms with Gasteiger partial charge in [-0.15, -0.1) is 0 Å². The van der Waals surface area contributed by atoms with E-state index in [1.807, 2.05) is 0 Å². The van der Waals surface area contributed by atoms with Crippen molar-refractivity contribution in [2.75, 3.05) is 13.2 Å². The zero-order valence-corrected chi connectivity index (χ0v) is 7.36. The molecule has 0 spiro atoms. The molecule has 2 atom stereocenters. The standard InChI is InChI=1S/C9H13NO3/c10-9(11)3-6(1-7-4-12-7)2-8-5-13-8/h3,7-8H,1-2,4-5H2,(H2,10,11). The summed E-state index contributed by atoms with van der Waals surface area (Å²) in [6, 6.07) is 0. The number of carbonyl (C=O) groups excluding carboxylic acids is 1. The van der Waals surface area contributed by atoms with Crippen LogP contribution in [0.15, 0.2) is 11.6 Å². The summed E-state index contributed by atoms with van der Waals surface area (Å²) in [5, 5.41) is 0. The molecule has 0 radical (unpaired) electrons. The van der Waals surface area contributed by atoms with Gasteiger partial charge in [-0.2, -0.15) is 0 Å². The van der Waals surface area contributed by atoms with Crippen molar-refractivity contribution in [1.82, 2.24) is 0 Å². The minimum atomic E-state index is -0.378. The Morgan fingerprint density at radius 2 is 1.77 bits per heavy atom. The second kappa shape index (κ2) is 3.47. The summed E-state index contributed by atoms with van der Waals surface area (Å²) < 4.78 is 10.2. The Morgan fingerprint density at radius 3 is 2.08 bits per heavy atom. The maximum Gasteiger partial charge on any atom is 0.241 e. The second-order valence-corrected chi connectivity index (χ2v) is 3.52. The van der Waals surface area contributed by atoms with Crippen molar-refractivity contribution < 1.29 is 14.3 Å². The fraction of sp³-hybridized carbons (Fsp3) is 0.667. The van der Waals surface area contributed by atoms with Crippen LogP contribution in [0, 0.1) is 0 Å². The SMILES string of the molecule is NC(=O)C=C(CC1CO1)CC1CO1. The first-order valence-corrected chi connectivity index (χ1v) is 4.46. The van der Waals surface area contributed by atoms with E-state index in [0.717, 1.165) is 31.6 Å². The third-order valence-electron chi connectivity index (χ3n) is 2.13. The number of hydrogen-bond acceptors (Lipinski definition) is 3. The molecule has 2 aliphatic heterocycles. The van der Waals surface area contributed by atoms with Crippen molar-refractivity contribution in [3.63, 3.8) is 0 Å². The lowest BCUT2D eigenvalue weighted by Gasteiger charge is -2.01. The van der Waals surface area contributed by atoms with Crippen LogP contribution < -0.4 is 5.73 Å².